The van der Waals surface area contributed by atoms with Crippen LogP contribution in [-0.4, -0.2) is 55.0 Å². The number of nitrogens with zero attached hydrogens (tertiary/aromatic N) is 2. The van der Waals surface area contributed by atoms with Crippen molar-refractivity contribution in [3.63, 3.8) is 0 Å². The molecule has 1 atom stereocenters. The summed E-state index contributed by atoms with van der Waals surface area (Å²) in [6.45, 7) is 4.51. The zero-order chi connectivity index (χ0) is 15.0. The molecule has 118 valence electrons. The van der Waals surface area contributed by atoms with Gasteiger partial charge >= 0.3 is 0 Å². The van der Waals surface area contributed by atoms with E-state index < -0.39 is 10.0 Å². The second-order valence-electron chi connectivity index (χ2n) is 5.84. The molecule has 2 aliphatic heterocycles. The summed E-state index contributed by atoms with van der Waals surface area (Å²) in [6.07, 6.45) is 3.08. The van der Waals surface area contributed by atoms with Crippen LogP contribution in [-0.2, 0) is 16.6 Å². The van der Waals surface area contributed by atoms with Gasteiger partial charge < -0.3 is 9.52 Å². The monoisotopic (exact) mass is 314 g/mol. The molecular weight excluding hydrogens is 292 g/mol. The number of hydrogen-bond acceptors (Lipinski definition) is 5. The van der Waals surface area contributed by atoms with Gasteiger partial charge in [-0.05, 0) is 39.3 Å². The molecule has 2 aliphatic rings. The van der Waals surface area contributed by atoms with E-state index in [2.05, 4.69) is 4.90 Å². The predicted molar refractivity (Wildman–Crippen MR) is 77.3 cm³/mol. The maximum Gasteiger partial charge on any atom is 0.246 e. The van der Waals surface area contributed by atoms with Crippen molar-refractivity contribution in [2.24, 2.45) is 0 Å². The van der Waals surface area contributed by atoms with Crippen molar-refractivity contribution in [3.8, 4) is 0 Å². The molecule has 0 amide bonds. The van der Waals surface area contributed by atoms with Gasteiger partial charge in [0.05, 0.1) is 0 Å². The van der Waals surface area contributed by atoms with E-state index in [9.17, 15) is 8.42 Å². The lowest BCUT2D eigenvalue weighted by atomic mass is 10.2. The fourth-order valence-electron chi connectivity index (χ4n) is 3.39. The van der Waals surface area contributed by atoms with E-state index in [-0.39, 0.29) is 11.5 Å². The third-order valence-electron chi connectivity index (χ3n) is 4.46. The van der Waals surface area contributed by atoms with Crippen LogP contribution >= 0.6 is 0 Å². The van der Waals surface area contributed by atoms with Gasteiger partial charge in [-0.1, -0.05) is 0 Å². The van der Waals surface area contributed by atoms with Crippen LogP contribution < -0.4 is 0 Å². The smallest absolute Gasteiger partial charge is 0.246 e. The third kappa shape index (κ3) is 2.75. The number of sulfonamides is 1. The topological polar surface area (TPSA) is 74.0 Å². The van der Waals surface area contributed by atoms with E-state index in [1.807, 2.05) is 0 Å². The number of aryl methyl sites for hydroxylation is 1. The first-order valence-electron chi connectivity index (χ1n) is 7.47. The minimum Gasteiger partial charge on any atom is -0.462 e. The summed E-state index contributed by atoms with van der Waals surface area (Å²) in [5.41, 5.74) is 0. The highest BCUT2D eigenvalue weighted by molar-refractivity contribution is 7.89. The number of aliphatic hydroxyl groups excluding tert-OH is 1. The van der Waals surface area contributed by atoms with E-state index in [0.717, 1.165) is 32.4 Å². The van der Waals surface area contributed by atoms with Crippen LogP contribution in [0.25, 0.3) is 0 Å². The molecular formula is C14H22N2O4S. The average Bonchev–Trinajstić information content (AvgIpc) is 2.99. The van der Waals surface area contributed by atoms with Crippen molar-refractivity contribution in [1.82, 2.24) is 9.21 Å². The molecule has 2 saturated heterocycles. The van der Waals surface area contributed by atoms with Crippen LogP contribution in [0.3, 0.4) is 0 Å². The summed E-state index contributed by atoms with van der Waals surface area (Å²) in [5, 5.41) is 9.11. The van der Waals surface area contributed by atoms with Crippen LogP contribution in [0.5, 0.6) is 0 Å². The molecule has 0 saturated carbocycles. The molecule has 1 N–H and O–H groups in total. The van der Waals surface area contributed by atoms with Crippen LogP contribution in [0.2, 0.25) is 0 Å². The molecule has 21 heavy (non-hydrogen) atoms. The van der Waals surface area contributed by atoms with Crippen molar-refractivity contribution in [1.29, 1.82) is 0 Å². The molecule has 0 spiro atoms. The third-order valence-corrected chi connectivity index (χ3v) is 6.44. The molecule has 1 unspecified atom stereocenters. The predicted octanol–water partition coefficient (Wildman–Crippen LogP) is 0.939. The molecule has 3 rings (SSSR count). The van der Waals surface area contributed by atoms with Crippen molar-refractivity contribution in [2.45, 2.75) is 43.7 Å². The lowest BCUT2D eigenvalue weighted by molar-refractivity contribution is 0.244. The van der Waals surface area contributed by atoms with Crippen LogP contribution in [0.1, 0.15) is 30.8 Å². The lowest BCUT2D eigenvalue weighted by Gasteiger charge is -2.24. The Morgan fingerprint density at radius 2 is 2.10 bits per heavy atom. The molecule has 0 aliphatic carbocycles. The summed E-state index contributed by atoms with van der Waals surface area (Å²) in [6, 6.07) is 1.79. The summed E-state index contributed by atoms with van der Waals surface area (Å²) in [7, 11) is -3.54. The summed E-state index contributed by atoms with van der Waals surface area (Å²) >= 11 is 0. The summed E-state index contributed by atoms with van der Waals surface area (Å²) in [5.74, 6) is 0.648. The first-order chi connectivity index (χ1) is 10.0. The lowest BCUT2D eigenvalue weighted by Crippen LogP contribution is -2.39. The Labute approximate surface area is 125 Å². The molecule has 2 fully saturated rings. The Morgan fingerprint density at radius 3 is 2.81 bits per heavy atom. The van der Waals surface area contributed by atoms with Gasteiger partial charge in [0.25, 0.3) is 0 Å². The first kappa shape index (κ1) is 15.0. The van der Waals surface area contributed by atoms with Crippen LogP contribution in [0.4, 0.5) is 0 Å². The largest absolute Gasteiger partial charge is 0.462 e. The summed E-state index contributed by atoms with van der Waals surface area (Å²) in [4.78, 5) is 2.59. The van der Waals surface area contributed by atoms with E-state index in [0.29, 0.717) is 30.7 Å². The highest BCUT2D eigenvalue weighted by atomic mass is 32.2. The highest BCUT2D eigenvalue weighted by Crippen LogP contribution is 2.28. The van der Waals surface area contributed by atoms with Crippen LogP contribution in [0.15, 0.2) is 15.4 Å². The molecule has 0 bridgehead atoms. The van der Waals surface area contributed by atoms with Gasteiger partial charge in [-0.15, -0.1) is 0 Å². The van der Waals surface area contributed by atoms with Gasteiger partial charge in [0.1, 0.15) is 23.0 Å². The normalized spacial score (nSPS) is 25.0. The molecule has 0 radical (unpaired) electrons. The number of fused-ring (bicyclic) bond motifs is 1. The van der Waals surface area contributed by atoms with Crippen molar-refractivity contribution in [2.75, 3.05) is 26.2 Å². The molecule has 0 aromatic carbocycles. The number of aliphatic hydroxyl groups is 1. The minimum atomic E-state index is -3.54. The Hall–Kier alpha value is -0.890. The van der Waals surface area contributed by atoms with Gasteiger partial charge in [0.2, 0.25) is 10.0 Å². The Balaban J connectivity index is 1.88. The second kappa shape index (κ2) is 5.72. The number of rotatable bonds is 3. The molecule has 6 nitrogen and oxygen atoms in total. The van der Waals surface area contributed by atoms with E-state index >= 15 is 0 Å². The fourth-order valence-corrected chi connectivity index (χ4v) is 5.09. The van der Waals surface area contributed by atoms with E-state index in [1.165, 1.54) is 6.07 Å². The molecule has 7 heteroatoms. The average molecular weight is 314 g/mol. The number of furan rings is 1. The van der Waals surface area contributed by atoms with Gasteiger partial charge in [-0.2, -0.15) is 4.31 Å². The van der Waals surface area contributed by atoms with E-state index in [4.69, 9.17) is 9.52 Å². The summed E-state index contributed by atoms with van der Waals surface area (Å²) < 4.78 is 32.6. The molecule has 1 aromatic rings. The fraction of sp³-hybridized carbons (Fsp3) is 0.714. The molecule has 3 heterocycles. The van der Waals surface area contributed by atoms with E-state index in [1.54, 1.807) is 11.2 Å². The Morgan fingerprint density at radius 1 is 1.33 bits per heavy atom. The van der Waals surface area contributed by atoms with Gasteiger partial charge in [-0.3, -0.25) is 4.90 Å². The van der Waals surface area contributed by atoms with Gasteiger partial charge in [-0.25, -0.2) is 8.42 Å². The Kier molecular flexibility index (Phi) is 4.09. The molecule has 1 aromatic heterocycles. The van der Waals surface area contributed by atoms with Crippen LogP contribution in [0, 0.1) is 6.92 Å². The van der Waals surface area contributed by atoms with Crippen molar-refractivity contribution < 1.29 is 17.9 Å². The minimum absolute atomic E-state index is 0.193. The first-order valence-corrected chi connectivity index (χ1v) is 8.91. The quantitative estimate of drug-likeness (QED) is 0.899. The second-order valence-corrected chi connectivity index (χ2v) is 7.75. The standard InChI is InChI=1S/C14H22N2O4S/c1-11-14(8-13(10-17)20-11)21(18,19)16-7-3-6-15-5-2-4-12(15)9-16/h8,12,17H,2-7,9-10H2,1H3. The zero-order valence-corrected chi connectivity index (χ0v) is 13.1. The van der Waals surface area contributed by atoms with Crippen molar-refractivity contribution >= 4 is 10.0 Å². The van der Waals surface area contributed by atoms with Crippen molar-refractivity contribution in [3.05, 3.63) is 17.6 Å². The Bertz CT molecular complexity index is 610. The van der Waals surface area contributed by atoms with Gasteiger partial charge in [0, 0.05) is 25.2 Å². The zero-order valence-electron chi connectivity index (χ0n) is 12.3. The number of hydrogen-bond donors (Lipinski definition) is 1. The SMILES string of the molecule is Cc1oc(CO)cc1S(=O)(=O)N1CCCN2CCCC2C1. The highest BCUT2D eigenvalue weighted by Gasteiger charge is 2.35. The van der Waals surface area contributed by atoms with Gasteiger partial charge in [0.15, 0.2) is 0 Å². The maximum absolute atomic E-state index is 12.8. The maximum atomic E-state index is 12.8.